The van der Waals surface area contributed by atoms with Crippen molar-refractivity contribution in [2.24, 2.45) is 0 Å². The van der Waals surface area contributed by atoms with E-state index in [2.05, 4.69) is 246 Å². The molecule has 6 saturated heterocycles. The number of aromatic amines is 1. The van der Waals surface area contributed by atoms with Gasteiger partial charge in [0, 0.05) is 118 Å². The van der Waals surface area contributed by atoms with E-state index in [1.54, 1.807) is 6.20 Å². The van der Waals surface area contributed by atoms with E-state index in [1.807, 2.05) is 121 Å². The van der Waals surface area contributed by atoms with Gasteiger partial charge < -0.3 is 58.4 Å². The van der Waals surface area contributed by atoms with E-state index in [4.69, 9.17) is 56.2 Å². The fraction of sp³-hybridized carbons (Fsp3) is 0.600. The van der Waals surface area contributed by atoms with Crippen molar-refractivity contribution in [3.63, 3.8) is 0 Å². The molecule has 0 saturated carbocycles. The molecular weight excluding hydrogens is 2320 g/mol. The molecule has 6 aliphatic heterocycles. The van der Waals surface area contributed by atoms with Crippen LogP contribution in [0.25, 0.3) is 43.6 Å². The van der Waals surface area contributed by atoms with Crippen LogP contribution in [0.2, 0.25) is 0 Å². The summed E-state index contributed by atoms with van der Waals surface area (Å²) in [4.78, 5) is 4.65. The van der Waals surface area contributed by atoms with Gasteiger partial charge in [-0.25, -0.2) is 0 Å². The number of nitrogens with zero attached hydrogens (tertiary/aromatic N) is 9. The van der Waals surface area contributed by atoms with Crippen molar-refractivity contribution >= 4 is 247 Å². The number of hydrogen-bond donors (Lipinski definition) is 5. The molecule has 105 heavy (non-hydrogen) atoms. The number of benzene rings is 4. The van der Waals surface area contributed by atoms with Gasteiger partial charge in [0.25, 0.3) is 0 Å². The van der Waals surface area contributed by atoms with Crippen LogP contribution in [0.5, 0.6) is 0 Å². The number of hydrogen-bond acceptors (Lipinski definition) is 16. The van der Waals surface area contributed by atoms with Gasteiger partial charge in [-0.15, -0.1) is 23.2 Å². The van der Waals surface area contributed by atoms with Crippen LogP contribution in [-0.2, 0) is 47.6 Å². The van der Waals surface area contributed by atoms with Gasteiger partial charge in [-0.2, -0.15) is 20.4 Å². The summed E-state index contributed by atoms with van der Waals surface area (Å²) in [7, 11) is -1.95. The molecule has 14 rings (SSSR count). The molecule has 10 heterocycles. The first-order chi connectivity index (χ1) is 49.5. The molecule has 0 spiro atoms. The zero-order valence-corrected chi connectivity index (χ0v) is 82.7. The van der Waals surface area contributed by atoms with Crippen LogP contribution in [0.3, 0.4) is 0 Å². The van der Waals surface area contributed by atoms with Gasteiger partial charge in [-0.3, -0.25) is 19.1 Å². The molecule has 6 aliphatic rings. The number of nitrogens with one attached hydrogen (secondary N) is 2. The third-order valence-electron chi connectivity index (χ3n) is 19.8. The maximum absolute atomic E-state index is 9.65. The maximum atomic E-state index is 9.65. The van der Waals surface area contributed by atoms with E-state index < -0.39 is 14.0 Å². The molecule has 0 bridgehead atoms. The minimum absolute atomic E-state index is 0.0648. The quantitative estimate of drug-likeness (QED) is 0.0345. The number of fused-ring (bicyclic) bond motifs is 4. The molecule has 3 atom stereocenters. The van der Waals surface area contributed by atoms with E-state index in [0.717, 1.165) is 180 Å². The second-order valence-electron chi connectivity index (χ2n) is 29.1. The van der Waals surface area contributed by atoms with Gasteiger partial charge in [-0.05, 0) is 183 Å². The minimum atomic E-state index is -0.476. The molecule has 8 aromatic rings. The van der Waals surface area contributed by atoms with Crippen molar-refractivity contribution in [2.45, 2.75) is 200 Å². The smallest absolute Gasteiger partial charge is 0.0693 e. The largest absolute Gasteiger partial charge is 0.392 e. The number of H-pyrrole nitrogens is 1. The van der Waals surface area contributed by atoms with Crippen LogP contribution >= 0.6 is 177 Å². The summed E-state index contributed by atoms with van der Waals surface area (Å²) in [6.07, 6.45) is 14.0. The number of halogens is 12. The zero-order chi connectivity index (χ0) is 77.1. The second-order valence-corrected chi connectivity index (χ2v) is 131. The number of alkyl halides is 3. The van der Waals surface area contributed by atoms with E-state index in [9.17, 15) is 10.2 Å². The predicted molar refractivity (Wildman–Crippen MR) is 502 cm³/mol. The molecule has 584 valence electrons. The SMILES string of the molecule is Brc1cccc2[nH]ncc12.CC1(C)OB(B2OC(C)(C)C(C)(C)O2)OC1(C)C.CC1(C)OB(c2cccc3c2cnn3CCCN2CC[C@@H](O)C2)OC1(C)C.ClCCCBr.ClCCCn1ncc2c(Br)cccc21.II(I)I(I)I.O[C@@H]1CCN(CCCn2ncc3c(Br)cccc32)C1.O[C@@H]1CCNC1. The summed E-state index contributed by atoms with van der Waals surface area (Å²) in [5.41, 5.74) is 3.41. The molecular formula is C70H102B3Br4Cl2I6N11O9. The third kappa shape index (κ3) is 27.5. The molecule has 35 heteroatoms. The summed E-state index contributed by atoms with van der Waals surface area (Å²) in [5.74, 6) is 1.45. The molecule has 0 unspecified atom stereocenters. The Balaban J connectivity index is 0.000000177. The summed E-state index contributed by atoms with van der Waals surface area (Å²) in [5, 5.41) is 56.6. The number of aromatic nitrogens is 8. The number of aliphatic hydroxyl groups excluding tert-OH is 3. The Labute approximate surface area is 715 Å². The van der Waals surface area contributed by atoms with E-state index >= 15 is 0 Å². The van der Waals surface area contributed by atoms with Gasteiger partial charge in [0.2, 0.25) is 0 Å². The maximum Gasteiger partial charge on any atom is 0.0693 e. The van der Waals surface area contributed by atoms with Crippen LogP contribution in [0.15, 0.2) is 111 Å². The van der Waals surface area contributed by atoms with Crippen molar-refractivity contribution in [2.75, 3.05) is 69.4 Å². The van der Waals surface area contributed by atoms with E-state index in [1.165, 1.54) is 10.9 Å². The van der Waals surface area contributed by atoms with Gasteiger partial charge in [0.1, 0.15) is 0 Å². The van der Waals surface area contributed by atoms with Crippen molar-refractivity contribution in [1.29, 1.82) is 0 Å². The van der Waals surface area contributed by atoms with Gasteiger partial charge >= 0.3 is 111 Å². The van der Waals surface area contributed by atoms with Crippen LogP contribution in [-0.4, -0.2) is 207 Å². The molecule has 0 amide bonds. The first-order valence-electron chi connectivity index (χ1n) is 35.3. The summed E-state index contributed by atoms with van der Waals surface area (Å²) < 4.78 is 45.7. The average Bonchev–Trinajstić information content (AvgIpc) is 1.60. The molecule has 5 N–H and O–H groups in total. The Hall–Kier alpha value is 1.35. The Kier molecular flexibility index (Phi) is 39.2. The van der Waals surface area contributed by atoms with Crippen molar-refractivity contribution in [3.8, 4) is 0 Å². The predicted octanol–water partition coefficient (Wildman–Crippen LogP) is 18.7. The molecule has 0 radical (unpaired) electrons. The van der Waals surface area contributed by atoms with Crippen molar-refractivity contribution < 1.29 is 43.2 Å². The Morgan fingerprint density at radius 3 is 1.24 bits per heavy atom. The summed E-state index contributed by atoms with van der Waals surface area (Å²) in [6, 6.07) is 24.5. The Morgan fingerprint density at radius 1 is 0.495 bits per heavy atom. The van der Waals surface area contributed by atoms with E-state index in [0.29, 0.717) is 5.88 Å². The summed E-state index contributed by atoms with van der Waals surface area (Å²) in [6.45, 7) is 34.6. The van der Waals surface area contributed by atoms with Crippen molar-refractivity contribution in [1.82, 2.24) is 54.7 Å². The van der Waals surface area contributed by atoms with Crippen LogP contribution in [0, 0.1) is 0 Å². The number of rotatable bonds is 16. The standard InChI is InChI=1S/C20H30BN3O3.C14H18BrN3O.C12H24B2O4.C10H10BrClN2.C7H5BrN2.C4H9NO.C3H6BrCl.I6/c1-19(2)20(3,4)27-21(26-19)17-7-5-8-18-16(17)13-22-24(18)11-6-10-23-12-9-15(25)14-23;15-13-3-1-4-14-12(13)9-16-18(14)7-2-6-17-8-5-11(19)10-17;1-9(2)10(3,4)16-13(15-9)14-17-11(5,6)12(7,8)18-14;11-9-3-1-4-10-8(9)7-13-14(10)6-2-5-12;8-6-2-1-3-7-5(6)4-9-10-7;6-4-1-2-5-3-4;4-2-1-3-5;1-5(2)6(3)4/h5,7-8,13,15,25H,6,9-12,14H2,1-4H3;1,3-4,9,11,19H,2,5-8,10H2;1-8H3;1,3-4,7H,2,5-6H2;1-4H,(H,9,10);4-6H,1-3H2;1-3H2;/t15-;11-;;;;4-;;/m11...1../s1. The topological polar surface area (TPSA) is 217 Å². The normalized spacial score (nSPS) is 21.2. The molecule has 20 nitrogen and oxygen atoms in total. The fourth-order valence-corrected chi connectivity index (χ4v) is 14.0. The number of likely N-dealkylation sites (tertiary alicyclic amines) is 2. The molecule has 6 fully saturated rings. The first kappa shape index (κ1) is 93.5. The number of aryl methyl sites for hydroxylation is 3. The number of aliphatic hydroxyl groups is 3. The van der Waals surface area contributed by atoms with Gasteiger partial charge in [0.05, 0.1) is 98.8 Å². The first-order valence-corrected chi connectivity index (χ1v) is 71.3. The third-order valence-corrected chi connectivity index (χ3v) is 188. The molecule has 0 aliphatic carbocycles. The zero-order valence-electron chi connectivity index (χ0n) is 61.9. The van der Waals surface area contributed by atoms with Crippen LogP contribution in [0.1, 0.15) is 128 Å². The van der Waals surface area contributed by atoms with E-state index in [-0.39, 0.29) is 74.8 Å². The Bertz CT molecular complexity index is 3850. The van der Waals surface area contributed by atoms with Gasteiger partial charge in [-0.1, -0.05) is 94.1 Å². The number of β-amino-alcohol motifs (C(OH)–C–C–N with tert-alkyl or cyclic N) is 3. The van der Waals surface area contributed by atoms with Crippen LogP contribution < -0.4 is 10.8 Å². The summed E-state index contributed by atoms with van der Waals surface area (Å²) >= 11 is 35.1. The molecule has 4 aromatic carbocycles. The fourth-order valence-electron chi connectivity index (χ4n) is 11.7. The minimum Gasteiger partial charge on any atom is -0.392 e. The van der Waals surface area contributed by atoms with Crippen LogP contribution in [0.4, 0.5) is 0 Å². The van der Waals surface area contributed by atoms with Gasteiger partial charge in [0.15, 0.2) is 0 Å². The average molecular weight is 2430 g/mol. The monoisotopic (exact) mass is 2420 g/mol. The second kappa shape index (κ2) is 44.1. The Morgan fingerprint density at radius 2 is 0.886 bits per heavy atom. The molecule has 4 aromatic heterocycles. The van der Waals surface area contributed by atoms with Crippen molar-refractivity contribution in [3.05, 3.63) is 111 Å².